The van der Waals surface area contributed by atoms with Gasteiger partial charge < -0.3 is 15.0 Å². The maximum atomic E-state index is 11.5. The number of nitrogens with zero attached hydrogens (tertiary/aromatic N) is 4. The maximum Gasteiger partial charge on any atom is 0.322 e. The largest absolute Gasteiger partial charge is 0.463 e. The van der Waals surface area contributed by atoms with E-state index in [0.717, 1.165) is 6.42 Å². The Morgan fingerprint density at radius 3 is 2.75 bits per heavy atom. The van der Waals surface area contributed by atoms with Crippen molar-refractivity contribution in [3.05, 3.63) is 5.28 Å². The van der Waals surface area contributed by atoms with E-state index in [2.05, 4.69) is 20.3 Å². The summed E-state index contributed by atoms with van der Waals surface area (Å²) in [6.07, 6.45) is 0.849. The number of amides is 1. The molecule has 1 unspecified atom stereocenters. The Balaban J connectivity index is 2.78. The van der Waals surface area contributed by atoms with Gasteiger partial charge in [-0.15, -0.1) is 0 Å². The molecular weight excluding hydrogens is 282 g/mol. The van der Waals surface area contributed by atoms with Gasteiger partial charge in [0.2, 0.25) is 17.1 Å². The molecule has 0 saturated heterocycles. The van der Waals surface area contributed by atoms with E-state index in [4.69, 9.17) is 16.3 Å². The number of carbonyl (C=O) groups is 1. The molecule has 1 atom stereocenters. The van der Waals surface area contributed by atoms with Crippen LogP contribution in [0, 0.1) is 5.92 Å². The molecule has 1 N–H and O–H groups in total. The van der Waals surface area contributed by atoms with Crippen molar-refractivity contribution in [2.45, 2.75) is 20.3 Å². The van der Waals surface area contributed by atoms with Gasteiger partial charge in [-0.05, 0) is 18.0 Å². The topological polar surface area (TPSA) is 80.2 Å². The van der Waals surface area contributed by atoms with Gasteiger partial charge >= 0.3 is 6.01 Å². The van der Waals surface area contributed by atoms with Crippen LogP contribution in [0.1, 0.15) is 20.3 Å². The van der Waals surface area contributed by atoms with Gasteiger partial charge in [-0.1, -0.05) is 13.8 Å². The minimum Gasteiger partial charge on any atom is -0.463 e. The minimum atomic E-state index is -0.194. The lowest BCUT2D eigenvalue weighted by atomic mass is 10.1. The van der Waals surface area contributed by atoms with Gasteiger partial charge in [-0.2, -0.15) is 15.0 Å². The van der Waals surface area contributed by atoms with Gasteiger partial charge in [0.15, 0.2) is 0 Å². The zero-order valence-electron chi connectivity index (χ0n) is 12.2. The first-order valence-electron chi connectivity index (χ1n) is 6.45. The lowest BCUT2D eigenvalue weighted by Gasteiger charge is -2.20. The minimum absolute atomic E-state index is 0.0422. The second kappa shape index (κ2) is 7.84. The Labute approximate surface area is 123 Å². The molecule has 8 heteroatoms. The highest BCUT2D eigenvalue weighted by Crippen LogP contribution is 2.15. The van der Waals surface area contributed by atoms with E-state index in [1.807, 2.05) is 13.8 Å². The van der Waals surface area contributed by atoms with Crippen LogP contribution < -0.4 is 15.0 Å². The third-order valence-electron chi connectivity index (χ3n) is 2.59. The van der Waals surface area contributed by atoms with Crippen molar-refractivity contribution in [3.8, 4) is 6.01 Å². The number of rotatable bonds is 7. The van der Waals surface area contributed by atoms with Crippen molar-refractivity contribution in [2.24, 2.45) is 5.92 Å². The predicted molar refractivity (Wildman–Crippen MR) is 77.1 cm³/mol. The normalized spacial score (nSPS) is 11.8. The number of anilines is 1. The summed E-state index contributed by atoms with van der Waals surface area (Å²) in [5, 5.41) is 2.67. The fraction of sp³-hybridized carbons (Fsp3) is 0.667. The lowest BCUT2D eigenvalue weighted by Crippen LogP contribution is -2.35. The molecule has 0 bridgehead atoms. The molecular formula is C12H20ClN5O2. The molecule has 0 aliphatic carbocycles. The van der Waals surface area contributed by atoms with Gasteiger partial charge in [0.1, 0.15) is 0 Å². The van der Waals surface area contributed by atoms with Crippen molar-refractivity contribution >= 4 is 23.5 Å². The van der Waals surface area contributed by atoms with E-state index in [0.29, 0.717) is 19.1 Å². The zero-order chi connectivity index (χ0) is 15.1. The Hall–Kier alpha value is -1.63. The van der Waals surface area contributed by atoms with Crippen molar-refractivity contribution in [1.82, 2.24) is 20.3 Å². The van der Waals surface area contributed by atoms with Crippen LogP contribution in [0.2, 0.25) is 5.28 Å². The molecule has 0 saturated carbocycles. The van der Waals surface area contributed by atoms with Gasteiger partial charge in [0, 0.05) is 20.6 Å². The summed E-state index contributed by atoms with van der Waals surface area (Å²) in [5.74, 6) is 0.145. The molecule has 1 heterocycles. The van der Waals surface area contributed by atoms with E-state index in [9.17, 15) is 4.79 Å². The number of hydrogen-bond acceptors (Lipinski definition) is 6. The first-order chi connectivity index (χ1) is 9.47. The van der Waals surface area contributed by atoms with Crippen molar-refractivity contribution in [2.75, 3.05) is 32.1 Å². The summed E-state index contributed by atoms with van der Waals surface area (Å²) in [7, 11) is 3.39. The standard InChI is InChI=1S/C12H20ClN5O2/c1-5-6-20-12-16-10(13)15-11(17-12)18(4)7-8(2)9(19)14-3/h8H,5-7H2,1-4H3,(H,14,19). The van der Waals surface area contributed by atoms with Crippen LogP contribution in [0.3, 0.4) is 0 Å². The Morgan fingerprint density at radius 2 is 2.15 bits per heavy atom. The number of hydrogen-bond donors (Lipinski definition) is 1. The summed E-state index contributed by atoms with van der Waals surface area (Å²) in [5.41, 5.74) is 0. The molecule has 0 fully saturated rings. The fourth-order valence-corrected chi connectivity index (χ4v) is 1.72. The highest BCUT2D eigenvalue weighted by Gasteiger charge is 2.17. The first-order valence-corrected chi connectivity index (χ1v) is 6.82. The molecule has 1 aromatic heterocycles. The summed E-state index contributed by atoms with van der Waals surface area (Å²) in [4.78, 5) is 25.4. The number of nitrogens with one attached hydrogen (secondary N) is 1. The third kappa shape index (κ3) is 4.80. The second-order valence-electron chi connectivity index (χ2n) is 4.43. The number of halogens is 1. The molecule has 0 radical (unpaired) electrons. The summed E-state index contributed by atoms with van der Waals surface area (Å²) < 4.78 is 5.35. The quantitative estimate of drug-likeness (QED) is 0.813. The smallest absolute Gasteiger partial charge is 0.322 e. The van der Waals surface area contributed by atoms with E-state index >= 15 is 0 Å². The van der Waals surface area contributed by atoms with Crippen LogP contribution in [0.5, 0.6) is 6.01 Å². The van der Waals surface area contributed by atoms with Crippen LogP contribution in [0.15, 0.2) is 0 Å². The summed E-state index contributed by atoms with van der Waals surface area (Å²) >= 11 is 5.85. The van der Waals surface area contributed by atoms with Crippen LogP contribution in [0.4, 0.5) is 5.95 Å². The molecule has 7 nitrogen and oxygen atoms in total. The van der Waals surface area contributed by atoms with Gasteiger partial charge in [0.05, 0.1) is 12.5 Å². The van der Waals surface area contributed by atoms with Crippen molar-refractivity contribution in [3.63, 3.8) is 0 Å². The molecule has 0 spiro atoms. The van der Waals surface area contributed by atoms with Gasteiger partial charge in [-0.3, -0.25) is 4.79 Å². The highest BCUT2D eigenvalue weighted by atomic mass is 35.5. The van der Waals surface area contributed by atoms with Crippen LogP contribution in [-0.4, -0.2) is 48.1 Å². The van der Waals surface area contributed by atoms with Crippen LogP contribution in [0.25, 0.3) is 0 Å². The third-order valence-corrected chi connectivity index (χ3v) is 2.76. The SMILES string of the molecule is CCCOc1nc(Cl)nc(N(C)CC(C)C(=O)NC)n1. The molecule has 20 heavy (non-hydrogen) atoms. The molecule has 0 aliphatic heterocycles. The number of aromatic nitrogens is 3. The number of carbonyl (C=O) groups excluding carboxylic acids is 1. The van der Waals surface area contributed by atoms with E-state index in [1.54, 1.807) is 19.0 Å². The Morgan fingerprint density at radius 1 is 1.45 bits per heavy atom. The molecule has 0 aliphatic rings. The Kier molecular flexibility index (Phi) is 6.44. The van der Waals surface area contributed by atoms with Crippen LogP contribution >= 0.6 is 11.6 Å². The highest BCUT2D eigenvalue weighted by molar-refractivity contribution is 6.28. The average Bonchev–Trinajstić information content (AvgIpc) is 2.43. The molecule has 112 valence electrons. The van der Waals surface area contributed by atoms with Gasteiger partial charge in [-0.25, -0.2) is 0 Å². The van der Waals surface area contributed by atoms with E-state index < -0.39 is 0 Å². The van der Waals surface area contributed by atoms with Crippen molar-refractivity contribution < 1.29 is 9.53 Å². The van der Waals surface area contributed by atoms with Crippen molar-refractivity contribution in [1.29, 1.82) is 0 Å². The average molecular weight is 302 g/mol. The predicted octanol–water partition coefficient (Wildman–Crippen LogP) is 1.13. The Bertz CT molecular complexity index is 457. The number of ether oxygens (including phenoxy) is 1. The van der Waals surface area contributed by atoms with Crippen LogP contribution in [-0.2, 0) is 4.79 Å². The first kappa shape index (κ1) is 16.4. The molecule has 1 aromatic rings. The zero-order valence-corrected chi connectivity index (χ0v) is 12.9. The van der Waals surface area contributed by atoms with E-state index in [-0.39, 0.29) is 23.1 Å². The van der Waals surface area contributed by atoms with E-state index in [1.165, 1.54) is 0 Å². The summed E-state index contributed by atoms with van der Waals surface area (Å²) in [6.45, 7) is 4.79. The summed E-state index contributed by atoms with van der Waals surface area (Å²) in [6, 6.07) is 0.196. The molecule has 1 amide bonds. The monoisotopic (exact) mass is 301 g/mol. The van der Waals surface area contributed by atoms with Gasteiger partial charge in [0.25, 0.3) is 0 Å². The molecule has 1 rings (SSSR count). The second-order valence-corrected chi connectivity index (χ2v) is 4.77. The fourth-order valence-electron chi connectivity index (χ4n) is 1.57. The maximum absolute atomic E-state index is 11.5. The lowest BCUT2D eigenvalue weighted by molar-refractivity contribution is -0.123. The molecule has 0 aromatic carbocycles.